The number of fused-ring (bicyclic) bond motifs is 1. The molecule has 1 unspecified atom stereocenters. The Kier molecular flexibility index (Phi) is 5.03. The van der Waals surface area contributed by atoms with Crippen LogP contribution in [0.2, 0.25) is 0 Å². The van der Waals surface area contributed by atoms with Gasteiger partial charge in [0, 0.05) is 7.05 Å². The van der Waals surface area contributed by atoms with Gasteiger partial charge in [-0.1, -0.05) is 23.9 Å². The Morgan fingerprint density at radius 3 is 2.12 bits per heavy atom. The van der Waals surface area contributed by atoms with Crippen LogP contribution < -0.4 is 0 Å². The topological polar surface area (TPSA) is 107 Å². The Balaban J connectivity index is 2.28. The second-order valence-electron chi connectivity index (χ2n) is 4.98. The molecular weight excluding hydrogens is 334 g/mol. The zero-order valence-electron chi connectivity index (χ0n) is 13.2. The van der Waals surface area contributed by atoms with Crippen LogP contribution in [0.1, 0.15) is 27.6 Å². The van der Waals surface area contributed by atoms with Gasteiger partial charge < -0.3 is 5.11 Å². The van der Waals surface area contributed by atoms with Crippen LogP contribution in [0.3, 0.4) is 0 Å². The van der Waals surface area contributed by atoms with Gasteiger partial charge in [0.1, 0.15) is 6.04 Å². The predicted octanol–water partition coefficient (Wildman–Crippen LogP) is 1.53. The maximum Gasteiger partial charge on any atom is 0.413 e. The number of carboxylic acid groups (broad SMARTS) is 1. The summed E-state index contributed by atoms with van der Waals surface area (Å²) < 4.78 is 0. The third-order valence-corrected chi connectivity index (χ3v) is 4.26. The zero-order chi connectivity index (χ0) is 18.0. The first kappa shape index (κ1) is 17.7. The number of amides is 4. The van der Waals surface area contributed by atoms with Crippen molar-refractivity contribution in [2.75, 3.05) is 13.3 Å². The predicted molar refractivity (Wildman–Crippen MR) is 88.1 cm³/mol. The molecule has 24 heavy (non-hydrogen) atoms. The molecule has 1 aliphatic rings. The molecule has 0 fully saturated rings. The Bertz CT molecular complexity index is 726. The number of thioether (sulfide) groups is 1. The Labute approximate surface area is 142 Å². The van der Waals surface area contributed by atoms with Crippen molar-refractivity contribution >= 4 is 40.7 Å². The molecule has 0 spiro atoms. The van der Waals surface area contributed by atoms with Gasteiger partial charge in [0.05, 0.1) is 11.1 Å². The lowest BCUT2D eigenvalue weighted by atomic mass is 10.1. The molecule has 0 saturated heterocycles. The maximum absolute atomic E-state index is 12.3. The molecule has 0 aromatic heterocycles. The summed E-state index contributed by atoms with van der Waals surface area (Å²) in [6, 6.07) is 5.16. The van der Waals surface area contributed by atoms with Crippen LogP contribution in [-0.4, -0.2) is 63.2 Å². The Hall–Kier alpha value is -2.68. The van der Waals surface area contributed by atoms with Crippen LogP contribution in [-0.2, 0) is 4.79 Å². The van der Waals surface area contributed by atoms with Crippen molar-refractivity contribution in [1.82, 2.24) is 9.80 Å². The highest BCUT2D eigenvalue weighted by atomic mass is 32.2. The van der Waals surface area contributed by atoms with E-state index < -0.39 is 29.9 Å². The zero-order valence-corrected chi connectivity index (χ0v) is 14.0. The van der Waals surface area contributed by atoms with E-state index in [-0.39, 0.29) is 16.3 Å². The van der Waals surface area contributed by atoms with Gasteiger partial charge in [-0.25, -0.2) is 4.79 Å². The monoisotopic (exact) mass is 349 g/mol. The van der Waals surface area contributed by atoms with E-state index in [0.29, 0.717) is 0 Å². The Morgan fingerprint density at radius 1 is 1.21 bits per heavy atom. The number of amidine groups is 1. The number of aliphatic imine (C=N–C) groups is 1. The lowest BCUT2D eigenvalue weighted by Gasteiger charge is -2.20. The molecular formula is C15H15N3O5S. The number of hydrogen-bond acceptors (Lipinski definition) is 5. The van der Waals surface area contributed by atoms with Crippen LogP contribution in [0, 0.1) is 0 Å². The van der Waals surface area contributed by atoms with E-state index in [1.165, 1.54) is 26.1 Å². The molecule has 8 nitrogen and oxygen atoms in total. The summed E-state index contributed by atoms with van der Waals surface area (Å²) in [5, 5.41) is 8.91. The van der Waals surface area contributed by atoms with Crippen LogP contribution in [0.25, 0.3) is 0 Å². The van der Waals surface area contributed by atoms with Gasteiger partial charge in [-0.2, -0.15) is 4.99 Å². The highest BCUT2D eigenvalue weighted by molar-refractivity contribution is 8.13. The van der Waals surface area contributed by atoms with E-state index in [9.17, 15) is 19.2 Å². The molecule has 0 radical (unpaired) electrons. The quantitative estimate of drug-likeness (QED) is 0.493. The van der Waals surface area contributed by atoms with Crippen molar-refractivity contribution in [1.29, 1.82) is 0 Å². The van der Waals surface area contributed by atoms with Crippen molar-refractivity contribution < 1.29 is 24.3 Å². The average Bonchev–Trinajstić information content (AvgIpc) is 2.82. The number of carbonyl (C=O) groups is 4. The van der Waals surface area contributed by atoms with Gasteiger partial charge in [0.25, 0.3) is 17.7 Å². The van der Waals surface area contributed by atoms with Gasteiger partial charge in [-0.15, -0.1) is 0 Å². The molecule has 4 amide bonds. The van der Waals surface area contributed by atoms with E-state index in [1.54, 1.807) is 18.4 Å². The fraction of sp³-hybridized carbons (Fsp3) is 0.267. The standard InChI is InChI=1S/C15H15N3O5S/c1-8(11(19)16-14(24-3)17(2)15(22)23)18-12(20)9-6-4-5-7-10(9)13(18)21/h4-8H,1-3H3,(H,22,23)/b16-14-. The molecule has 1 heterocycles. The highest BCUT2D eigenvalue weighted by Gasteiger charge is 2.40. The summed E-state index contributed by atoms with van der Waals surface area (Å²) in [4.78, 5) is 53.3. The number of hydrogen-bond donors (Lipinski definition) is 1. The first-order valence-corrected chi connectivity index (χ1v) is 8.12. The van der Waals surface area contributed by atoms with E-state index in [2.05, 4.69) is 4.99 Å². The first-order valence-electron chi connectivity index (χ1n) is 6.89. The van der Waals surface area contributed by atoms with Crippen LogP contribution in [0.4, 0.5) is 4.79 Å². The summed E-state index contributed by atoms with van der Waals surface area (Å²) >= 11 is 0.969. The summed E-state index contributed by atoms with van der Waals surface area (Å²) in [5.74, 6) is -1.91. The normalized spacial score (nSPS) is 15.3. The lowest BCUT2D eigenvalue weighted by Crippen LogP contribution is -2.43. The van der Waals surface area contributed by atoms with E-state index >= 15 is 0 Å². The molecule has 0 bridgehead atoms. The Morgan fingerprint density at radius 2 is 1.71 bits per heavy atom. The van der Waals surface area contributed by atoms with E-state index in [4.69, 9.17) is 5.11 Å². The molecule has 126 valence electrons. The third kappa shape index (κ3) is 3.02. The molecule has 1 aliphatic heterocycles. The first-order chi connectivity index (χ1) is 11.3. The summed E-state index contributed by atoms with van der Waals surface area (Å²) in [6.07, 6.45) is 0.294. The molecule has 1 aromatic carbocycles. The van der Waals surface area contributed by atoms with Gasteiger partial charge in [-0.05, 0) is 25.3 Å². The lowest BCUT2D eigenvalue weighted by molar-refractivity contribution is -0.121. The molecule has 1 N–H and O–H groups in total. The van der Waals surface area contributed by atoms with Gasteiger partial charge in [0.15, 0.2) is 5.17 Å². The maximum atomic E-state index is 12.3. The fourth-order valence-electron chi connectivity index (χ4n) is 2.20. The minimum absolute atomic E-state index is 0.0454. The largest absolute Gasteiger partial charge is 0.465 e. The number of rotatable bonds is 2. The number of nitrogens with zero attached hydrogens (tertiary/aromatic N) is 3. The number of carbonyl (C=O) groups excluding carboxylic acids is 3. The second kappa shape index (κ2) is 6.83. The van der Waals surface area contributed by atoms with Crippen LogP contribution in [0.15, 0.2) is 29.3 Å². The summed E-state index contributed by atoms with van der Waals surface area (Å²) in [6.45, 7) is 1.38. The van der Waals surface area contributed by atoms with E-state index in [1.807, 2.05) is 0 Å². The molecule has 1 aromatic rings. The third-order valence-electron chi connectivity index (χ3n) is 3.53. The van der Waals surface area contributed by atoms with Crippen molar-refractivity contribution in [2.45, 2.75) is 13.0 Å². The molecule has 2 rings (SSSR count). The molecule has 1 atom stereocenters. The van der Waals surface area contributed by atoms with Gasteiger partial charge in [-0.3, -0.25) is 24.2 Å². The number of benzene rings is 1. The summed E-state index contributed by atoms with van der Waals surface area (Å²) in [5.41, 5.74) is 0.470. The minimum atomic E-state index is -1.27. The smallest absolute Gasteiger partial charge is 0.413 e. The van der Waals surface area contributed by atoms with Crippen molar-refractivity contribution in [2.24, 2.45) is 4.99 Å². The van der Waals surface area contributed by atoms with Gasteiger partial charge >= 0.3 is 6.09 Å². The SMILES string of the molecule is CS/C(=N\C(=O)C(C)N1C(=O)c2ccccc2C1=O)N(C)C(=O)O. The number of imide groups is 1. The second-order valence-corrected chi connectivity index (χ2v) is 5.75. The van der Waals surface area contributed by atoms with Crippen LogP contribution >= 0.6 is 11.8 Å². The van der Waals surface area contributed by atoms with E-state index in [0.717, 1.165) is 21.6 Å². The summed E-state index contributed by atoms with van der Waals surface area (Å²) in [7, 11) is 1.25. The van der Waals surface area contributed by atoms with Crippen LogP contribution in [0.5, 0.6) is 0 Å². The molecule has 0 aliphatic carbocycles. The minimum Gasteiger partial charge on any atom is -0.465 e. The van der Waals surface area contributed by atoms with Crippen molar-refractivity contribution in [3.05, 3.63) is 35.4 Å². The molecule has 9 heteroatoms. The molecule has 0 saturated carbocycles. The van der Waals surface area contributed by atoms with Gasteiger partial charge in [0.2, 0.25) is 0 Å². The average molecular weight is 349 g/mol. The van der Waals surface area contributed by atoms with Crippen molar-refractivity contribution in [3.63, 3.8) is 0 Å². The van der Waals surface area contributed by atoms with Crippen molar-refractivity contribution in [3.8, 4) is 0 Å². The highest BCUT2D eigenvalue weighted by Crippen LogP contribution is 2.25. The fourth-order valence-corrected chi connectivity index (χ4v) is 2.73.